The topological polar surface area (TPSA) is 37.4 Å². The van der Waals surface area contributed by atoms with Crippen LogP contribution < -0.4 is 5.32 Å². The zero-order valence-corrected chi connectivity index (χ0v) is 13.0. The van der Waals surface area contributed by atoms with Crippen LogP contribution in [-0.4, -0.2) is 49.3 Å². The molecule has 2 rings (SSSR count). The number of piperidine rings is 1. The number of hydrogen-bond donors (Lipinski definition) is 1. The van der Waals surface area contributed by atoms with Gasteiger partial charge in [0.15, 0.2) is 0 Å². The number of nitrogens with zero attached hydrogens (tertiary/aromatic N) is 2. The van der Waals surface area contributed by atoms with E-state index < -0.39 is 0 Å². The van der Waals surface area contributed by atoms with Crippen LogP contribution in [0, 0.1) is 5.82 Å². The van der Waals surface area contributed by atoms with Gasteiger partial charge in [0.1, 0.15) is 5.82 Å². The van der Waals surface area contributed by atoms with Crippen molar-refractivity contribution in [3.05, 3.63) is 29.8 Å². The Bertz CT molecular complexity index is 412. The van der Waals surface area contributed by atoms with Crippen LogP contribution in [0.1, 0.15) is 37.9 Å². The number of likely N-dealkylation sites (tertiary alicyclic amines) is 1. The minimum absolute atomic E-state index is 0.179. The summed E-state index contributed by atoms with van der Waals surface area (Å²) >= 11 is 0. The smallest absolute Gasteiger partial charge is 0.141 e. The van der Waals surface area contributed by atoms with E-state index in [0.717, 1.165) is 44.7 Å². The van der Waals surface area contributed by atoms with Crippen molar-refractivity contribution in [1.82, 2.24) is 15.2 Å². The SMILES string of the molecule is CCNC(CCN1CCCC(OC)C1)c1ccc(F)cn1. The Morgan fingerprint density at radius 1 is 1.52 bits per heavy atom. The molecule has 0 aromatic carbocycles. The Labute approximate surface area is 126 Å². The molecule has 118 valence electrons. The number of rotatable bonds is 7. The molecular weight excluding hydrogens is 269 g/mol. The predicted molar refractivity (Wildman–Crippen MR) is 81.7 cm³/mol. The second kappa shape index (κ2) is 8.41. The minimum Gasteiger partial charge on any atom is -0.380 e. The number of ether oxygens (including phenoxy) is 1. The van der Waals surface area contributed by atoms with Gasteiger partial charge in [0.25, 0.3) is 0 Å². The average Bonchev–Trinajstić information content (AvgIpc) is 2.52. The largest absolute Gasteiger partial charge is 0.380 e. The van der Waals surface area contributed by atoms with Crippen molar-refractivity contribution in [2.45, 2.75) is 38.3 Å². The van der Waals surface area contributed by atoms with Crippen molar-refractivity contribution in [2.24, 2.45) is 0 Å². The minimum atomic E-state index is -0.284. The molecule has 2 atom stereocenters. The molecule has 2 unspecified atom stereocenters. The summed E-state index contributed by atoms with van der Waals surface area (Å²) in [6.07, 6.45) is 4.98. The standard InChI is InChI=1S/C16H26FN3O/c1-3-18-16(15-7-6-13(17)11-19-15)8-10-20-9-4-5-14(12-20)21-2/h6-7,11,14,16,18H,3-5,8-10,12H2,1-2H3. The average molecular weight is 295 g/mol. The van der Waals surface area contributed by atoms with Crippen LogP contribution in [0.5, 0.6) is 0 Å². The van der Waals surface area contributed by atoms with E-state index in [0.29, 0.717) is 6.10 Å². The summed E-state index contributed by atoms with van der Waals surface area (Å²) in [5, 5.41) is 3.44. The maximum Gasteiger partial charge on any atom is 0.141 e. The van der Waals surface area contributed by atoms with Crippen molar-refractivity contribution in [3.8, 4) is 0 Å². The van der Waals surface area contributed by atoms with Gasteiger partial charge >= 0.3 is 0 Å². The molecular formula is C16H26FN3O. The van der Waals surface area contributed by atoms with E-state index in [1.165, 1.54) is 18.7 Å². The molecule has 0 bridgehead atoms. The number of halogens is 1. The third-order valence-electron chi connectivity index (χ3n) is 4.09. The molecule has 0 amide bonds. The molecule has 1 N–H and O–H groups in total. The van der Waals surface area contributed by atoms with Crippen LogP contribution in [0.3, 0.4) is 0 Å². The van der Waals surface area contributed by atoms with Crippen LogP contribution in [0.4, 0.5) is 4.39 Å². The molecule has 1 aliphatic heterocycles. The first-order valence-electron chi connectivity index (χ1n) is 7.83. The van der Waals surface area contributed by atoms with Gasteiger partial charge in [-0.25, -0.2) is 4.39 Å². The van der Waals surface area contributed by atoms with E-state index in [2.05, 4.69) is 22.1 Å². The van der Waals surface area contributed by atoms with Gasteiger partial charge in [-0.1, -0.05) is 6.92 Å². The monoisotopic (exact) mass is 295 g/mol. The van der Waals surface area contributed by atoms with Crippen LogP contribution in [0.25, 0.3) is 0 Å². The van der Waals surface area contributed by atoms with Gasteiger partial charge in [0.2, 0.25) is 0 Å². The normalized spacial score (nSPS) is 21.4. The van der Waals surface area contributed by atoms with Crippen molar-refractivity contribution >= 4 is 0 Å². The van der Waals surface area contributed by atoms with Crippen LogP contribution in [0.15, 0.2) is 18.3 Å². The fourth-order valence-corrected chi connectivity index (χ4v) is 2.91. The quantitative estimate of drug-likeness (QED) is 0.838. The van der Waals surface area contributed by atoms with Gasteiger partial charge in [-0.05, 0) is 44.5 Å². The highest BCUT2D eigenvalue weighted by molar-refractivity contribution is 5.10. The lowest BCUT2D eigenvalue weighted by Crippen LogP contribution is -2.40. The number of aromatic nitrogens is 1. The van der Waals surface area contributed by atoms with Gasteiger partial charge in [-0.3, -0.25) is 4.98 Å². The Morgan fingerprint density at radius 3 is 3.05 bits per heavy atom. The molecule has 4 nitrogen and oxygen atoms in total. The van der Waals surface area contributed by atoms with E-state index in [-0.39, 0.29) is 11.9 Å². The number of nitrogens with one attached hydrogen (secondary N) is 1. The molecule has 2 heterocycles. The summed E-state index contributed by atoms with van der Waals surface area (Å²) in [6, 6.07) is 3.43. The summed E-state index contributed by atoms with van der Waals surface area (Å²) in [7, 11) is 1.79. The summed E-state index contributed by atoms with van der Waals surface area (Å²) in [5.41, 5.74) is 0.915. The number of hydrogen-bond acceptors (Lipinski definition) is 4. The zero-order chi connectivity index (χ0) is 15.1. The number of pyridine rings is 1. The lowest BCUT2D eigenvalue weighted by Gasteiger charge is -2.32. The summed E-state index contributed by atoms with van der Waals surface area (Å²) in [4.78, 5) is 6.66. The van der Waals surface area contributed by atoms with E-state index in [1.807, 2.05) is 0 Å². The zero-order valence-electron chi connectivity index (χ0n) is 13.0. The van der Waals surface area contributed by atoms with Crippen molar-refractivity contribution in [1.29, 1.82) is 0 Å². The Morgan fingerprint density at radius 2 is 2.38 bits per heavy atom. The molecule has 21 heavy (non-hydrogen) atoms. The molecule has 0 radical (unpaired) electrons. The molecule has 0 aliphatic carbocycles. The van der Waals surface area contributed by atoms with Gasteiger partial charge in [0, 0.05) is 20.2 Å². The van der Waals surface area contributed by atoms with Gasteiger partial charge in [-0.15, -0.1) is 0 Å². The Balaban J connectivity index is 1.89. The molecule has 1 saturated heterocycles. The lowest BCUT2D eigenvalue weighted by molar-refractivity contribution is 0.0301. The molecule has 1 fully saturated rings. The second-order valence-corrected chi connectivity index (χ2v) is 5.60. The first kappa shape index (κ1) is 16.3. The van der Waals surface area contributed by atoms with E-state index in [4.69, 9.17) is 4.74 Å². The van der Waals surface area contributed by atoms with Crippen LogP contribution in [0.2, 0.25) is 0 Å². The summed E-state index contributed by atoms with van der Waals surface area (Å²) in [5.74, 6) is -0.284. The van der Waals surface area contributed by atoms with Gasteiger partial charge in [0.05, 0.1) is 24.0 Å². The van der Waals surface area contributed by atoms with Crippen LogP contribution in [-0.2, 0) is 4.74 Å². The highest BCUT2D eigenvalue weighted by Gasteiger charge is 2.20. The van der Waals surface area contributed by atoms with Gasteiger partial charge < -0.3 is 15.0 Å². The van der Waals surface area contributed by atoms with E-state index >= 15 is 0 Å². The second-order valence-electron chi connectivity index (χ2n) is 5.60. The fraction of sp³-hybridized carbons (Fsp3) is 0.688. The summed E-state index contributed by atoms with van der Waals surface area (Å²) < 4.78 is 18.5. The highest BCUT2D eigenvalue weighted by atomic mass is 19.1. The maximum atomic E-state index is 13.0. The Kier molecular flexibility index (Phi) is 6.54. The van der Waals surface area contributed by atoms with Crippen molar-refractivity contribution in [3.63, 3.8) is 0 Å². The first-order valence-corrected chi connectivity index (χ1v) is 7.83. The van der Waals surface area contributed by atoms with E-state index in [1.54, 1.807) is 13.2 Å². The third kappa shape index (κ3) is 5.02. The highest BCUT2D eigenvalue weighted by Crippen LogP contribution is 2.18. The third-order valence-corrected chi connectivity index (χ3v) is 4.09. The first-order chi connectivity index (χ1) is 10.2. The lowest BCUT2D eigenvalue weighted by atomic mass is 10.1. The molecule has 1 aliphatic rings. The fourth-order valence-electron chi connectivity index (χ4n) is 2.91. The molecule has 0 spiro atoms. The van der Waals surface area contributed by atoms with Crippen LogP contribution >= 0.6 is 0 Å². The summed E-state index contributed by atoms with van der Waals surface area (Å²) in [6.45, 7) is 6.11. The maximum absolute atomic E-state index is 13.0. The Hall–Kier alpha value is -1.04. The van der Waals surface area contributed by atoms with Crippen molar-refractivity contribution in [2.75, 3.05) is 33.3 Å². The van der Waals surface area contributed by atoms with Crippen molar-refractivity contribution < 1.29 is 9.13 Å². The van der Waals surface area contributed by atoms with Gasteiger partial charge in [-0.2, -0.15) is 0 Å². The molecule has 5 heteroatoms. The molecule has 1 aromatic rings. The van der Waals surface area contributed by atoms with E-state index in [9.17, 15) is 4.39 Å². The number of methoxy groups -OCH3 is 1. The predicted octanol–water partition coefficient (Wildman–Crippen LogP) is 2.37. The molecule has 0 saturated carbocycles. The molecule has 1 aromatic heterocycles.